The van der Waals surface area contributed by atoms with Crippen LogP contribution in [0, 0.1) is 0 Å². The van der Waals surface area contributed by atoms with E-state index in [2.05, 4.69) is 5.32 Å². The second-order valence-electron chi connectivity index (χ2n) is 5.65. The predicted octanol–water partition coefficient (Wildman–Crippen LogP) is 0.188. The molecule has 9 nitrogen and oxygen atoms in total. The molecule has 1 aliphatic rings. The van der Waals surface area contributed by atoms with Crippen LogP contribution in [0.25, 0.3) is 0 Å². The van der Waals surface area contributed by atoms with Gasteiger partial charge in [0.25, 0.3) is 0 Å². The lowest BCUT2D eigenvalue weighted by molar-refractivity contribution is -0.161. The van der Waals surface area contributed by atoms with Crippen molar-refractivity contribution >= 4 is 17.9 Å². The molecule has 0 saturated carbocycles. The number of carbonyl (C=O) groups excluding carboxylic acids is 2. The normalized spacial score (nSPS) is 16.0. The highest BCUT2D eigenvalue weighted by molar-refractivity contribution is 5.84. The first-order chi connectivity index (χ1) is 11.9. The molecule has 0 radical (unpaired) electrons. The van der Waals surface area contributed by atoms with E-state index in [1.54, 1.807) is 24.3 Å². The van der Waals surface area contributed by atoms with E-state index in [-0.39, 0.29) is 38.4 Å². The van der Waals surface area contributed by atoms with Gasteiger partial charge < -0.3 is 30.5 Å². The standard InChI is InChI=1S/C16H21N3O6/c1-24-11-4-2-3-5-12(11)25-16(14(21)22)6-8-19(9-7-16)13(20)10-18-15(17)23/h2-5H,6-10H2,1H3,(H,21,22)(H3,17,18,23). The Balaban J connectivity index is 2.07. The van der Waals surface area contributed by atoms with Gasteiger partial charge in [-0.05, 0) is 12.1 Å². The van der Waals surface area contributed by atoms with Crippen LogP contribution in [0.4, 0.5) is 4.79 Å². The molecule has 1 saturated heterocycles. The smallest absolute Gasteiger partial charge is 0.348 e. The molecule has 0 unspecified atom stereocenters. The molecule has 1 fully saturated rings. The van der Waals surface area contributed by atoms with E-state index in [1.165, 1.54) is 12.0 Å². The zero-order chi connectivity index (χ0) is 18.4. The maximum absolute atomic E-state index is 12.0. The fourth-order valence-corrected chi connectivity index (χ4v) is 2.67. The molecule has 136 valence electrons. The number of amides is 3. The summed E-state index contributed by atoms with van der Waals surface area (Å²) in [5.74, 6) is -0.647. The predicted molar refractivity (Wildman–Crippen MR) is 87.4 cm³/mol. The number of hydrogen-bond donors (Lipinski definition) is 3. The fourth-order valence-electron chi connectivity index (χ4n) is 2.67. The highest BCUT2D eigenvalue weighted by Crippen LogP contribution is 2.34. The lowest BCUT2D eigenvalue weighted by Gasteiger charge is -2.39. The Labute approximate surface area is 144 Å². The summed E-state index contributed by atoms with van der Waals surface area (Å²) in [4.78, 5) is 36.0. The summed E-state index contributed by atoms with van der Waals surface area (Å²) < 4.78 is 11.0. The van der Waals surface area contributed by atoms with Crippen molar-refractivity contribution in [2.75, 3.05) is 26.7 Å². The number of carboxylic acids is 1. The number of aliphatic carboxylic acids is 1. The minimum absolute atomic E-state index is 0.114. The molecule has 4 N–H and O–H groups in total. The fraction of sp³-hybridized carbons (Fsp3) is 0.438. The van der Waals surface area contributed by atoms with Crippen LogP contribution in [0.15, 0.2) is 24.3 Å². The minimum Gasteiger partial charge on any atom is -0.493 e. The summed E-state index contributed by atoms with van der Waals surface area (Å²) in [5.41, 5.74) is 3.49. The lowest BCUT2D eigenvalue weighted by atomic mass is 9.91. The van der Waals surface area contributed by atoms with Crippen molar-refractivity contribution in [2.45, 2.75) is 18.4 Å². The van der Waals surface area contributed by atoms with E-state index in [4.69, 9.17) is 15.2 Å². The van der Waals surface area contributed by atoms with E-state index in [9.17, 15) is 19.5 Å². The molecule has 1 aromatic carbocycles. The van der Waals surface area contributed by atoms with E-state index in [0.29, 0.717) is 11.5 Å². The molecule has 3 amide bonds. The average molecular weight is 351 g/mol. The van der Waals surface area contributed by atoms with Gasteiger partial charge in [-0.15, -0.1) is 0 Å². The Hall–Kier alpha value is -2.97. The van der Waals surface area contributed by atoms with Gasteiger partial charge in [-0.2, -0.15) is 0 Å². The van der Waals surface area contributed by atoms with Crippen LogP contribution >= 0.6 is 0 Å². The van der Waals surface area contributed by atoms with Gasteiger partial charge in [0.2, 0.25) is 11.5 Å². The van der Waals surface area contributed by atoms with Gasteiger partial charge in [0.1, 0.15) is 0 Å². The van der Waals surface area contributed by atoms with Crippen molar-refractivity contribution in [3.05, 3.63) is 24.3 Å². The third-order valence-corrected chi connectivity index (χ3v) is 4.10. The van der Waals surface area contributed by atoms with E-state index >= 15 is 0 Å². The van der Waals surface area contributed by atoms with Crippen molar-refractivity contribution in [1.29, 1.82) is 0 Å². The minimum atomic E-state index is -1.44. The highest BCUT2D eigenvalue weighted by atomic mass is 16.5. The number of para-hydroxylation sites is 2. The number of carboxylic acid groups (broad SMARTS) is 1. The number of methoxy groups -OCH3 is 1. The van der Waals surface area contributed by atoms with Gasteiger partial charge in [0, 0.05) is 25.9 Å². The molecule has 1 heterocycles. The van der Waals surface area contributed by atoms with E-state index < -0.39 is 17.6 Å². The number of benzene rings is 1. The zero-order valence-corrected chi connectivity index (χ0v) is 13.9. The first-order valence-electron chi connectivity index (χ1n) is 7.74. The monoisotopic (exact) mass is 351 g/mol. The zero-order valence-electron chi connectivity index (χ0n) is 13.9. The Morgan fingerprint density at radius 1 is 1.24 bits per heavy atom. The number of urea groups is 1. The summed E-state index contributed by atoms with van der Waals surface area (Å²) in [6, 6.07) is 6.01. The van der Waals surface area contributed by atoms with Crippen LogP contribution in [0.1, 0.15) is 12.8 Å². The molecular weight excluding hydrogens is 330 g/mol. The number of carbonyl (C=O) groups is 3. The lowest BCUT2D eigenvalue weighted by Crippen LogP contribution is -2.55. The summed E-state index contributed by atoms with van der Waals surface area (Å²) in [7, 11) is 1.47. The molecule has 0 spiro atoms. The van der Waals surface area contributed by atoms with Crippen molar-refractivity contribution in [1.82, 2.24) is 10.2 Å². The maximum Gasteiger partial charge on any atom is 0.348 e. The maximum atomic E-state index is 12.0. The number of nitrogens with zero attached hydrogens (tertiary/aromatic N) is 1. The number of nitrogens with two attached hydrogens (primary N) is 1. The molecule has 2 rings (SSSR count). The average Bonchev–Trinajstić information content (AvgIpc) is 2.60. The number of ether oxygens (including phenoxy) is 2. The topological polar surface area (TPSA) is 131 Å². The van der Waals surface area contributed by atoms with Gasteiger partial charge in [-0.25, -0.2) is 9.59 Å². The van der Waals surface area contributed by atoms with Crippen LogP contribution < -0.4 is 20.5 Å². The Kier molecular flexibility index (Phi) is 5.68. The molecule has 9 heteroatoms. The SMILES string of the molecule is COc1ccccc1OC1(C(=O)O)CCN(C(=O)CNC(N)=O)CC1. The number of likely N-dealkylation sites (tertiary alicyclic amines) is 1. The van der Waals surface area contributed by atoms with Crippen LogP contribution in [0.3, 0.4) is 0 Å². The summed E-state index contributed by atoms with van der Waals surface area (Å²) in [6.45, 7) is 0.171. The number of nitrogens with one attached hydrogen (secondary N) is 1. The third-order valence-electron chi connectivity index (χ3n) is 4.10. The number of primary amides is 1. The first-order valence-corrected chi connectivity index (χ1v) is 7.74. The van der Waals surface area contributed by atoms with E-state index in [1.807, 2.05) is 0 Å². The molecule has 1 aromatic rings. The molecule has 0 aliphatic carbocycles. The van der Waals surface area contributed by atoms with Gasteiger partial charge in [0.05, 0.1) is 13.7 Å². The Bertz CT molecular complexity index is 655. The summed E-state index contributed by atoms with van der Waals surface area (Å²) >= 11 is 0. The second kappa shape index (κ2) is 7.73. The van der Waals surface area contributed by atoms with E-state index in [0.717, 1.165) is 0 Å². The second-order valence-corrected chi connectivity index (χ2v) is 5.65. The van der Waals surface area contributed by atoms with Gasteiger partial charge in [-0.1, -0.05) is 12.1 Å². The van der Waals surface area contributed by atoms with Gasteiger partial charge in [0.15, 0.2) is 11.5 Å². The molecule has 25 heavy (non-hydrogen) atoms. The number of hydrogen-bond acceptors (Lipinski definition) is 5. The van der Waals surface area contributed by atoms with Gasteiger partial charge >= 0.3 is 12.0 Å². The molecule has 0 bridgehead atoms. The van der Waals surface area contributed by atoms with Crippen LogP contribution in [-0.2, 0) is 9.59 Å². The first kappa shape index (κ1) is 18.4. The Morgan fingerprint density at radius 2 is 1.84 bits per heavy atom. The third kappa shape index (κ3) is 4.31. The van der Waals surface area contributed by atoms with Crippen molar-refractivity contribution < 1.29 is 29.0 Å². The molecule has 0 aromatic heterocycles. The van der Waals surface area contributed by atoms with Crippen LogP contribution in [0.5, 0.6) is 11.5 Å². The highest BCUT2D eigenvalue weighted by Gasteiger charge is 2.45. The Morgan fingerprint density at radius 3 is 2.36 bits per heavy atom. The number of piperidine rings is 1. The largest absolute Gasteiger partial charge is 0.493 e. The summed E-state index contributed by atoms with van der Waals surface area (Å²) in [5, 5.41) is 11.9. The van der Waals surface area contributed by atoms with Crippen LogP contribution in [0.2, 0.25) is 0 Å². The number of rotatable bonds is 6. The quantitative estimate of drug-likeness (QED) is 0.670. The van der Waals surface area contributed by atoms with Gasteiger partial charge in [-0.3, -0.25) is 4.79 Å². The van der Waals surface area contributed by atoms with Crippen LogP contribution in [-0.4, -0.2) is 60.3 Å². The molecule has 0 atom stereocenters. The summed E-state index contributed by atoms with van der Waals surface area (Å²) in [6.07, 6.45) is 0.228. The van der Waals surface area contributed by atoms with Crippen molar-refractivity contribution in [3.8, 4) is 11.5 Å². The van der Waals surface area contributed by atoms with Crippen molar-refractivity contribution in [2.24, 2.45) is 5.73 Å². The van der Waals surface area contributed by atoms with Crippen molar-refractivity contribution in [3.63, 3.8) is 0 Å². The molecular formula is C16H21N3O6. The molecule has 1 aliphatic heterocycles.